The lowest BCUT2D eigenvalue weighted by molar-refractivity contribution is -0.122. The summed E-state index contributed by atoms with van der Waals surface area (Å²) in [7, 11) is -4.19. The largest absolute Gasteiger partial charge is 0.468 e. The lowest BCUT2D eigenvalue weighted by Crippen LogP contribution is -2.45. The van der Waals surface area contributed by atoms with Crippen LogP contribution in [0.4, 0.5) is 11.4 Å². The Morgan fingerprint density at radius 1 is 1.12 bits per heavy atom. The number of amides is 3. The summed E-state index contributed by atoms with van der Waals surface area (Å²) in [6.07, 6.45) is 1.06. The second-order valence-electron chi connectivity index (χ2n) is 7.60. The van der Waals surface area contributed by atoms with Gasteiger partial charge in [0.2, 0.25) is 21.8 Å². The van der Waals surface area contributed by atoms with Gasteiger partial charge in [-0.2, -0.15) is 4.31 Å². The maximum Gasteiger partial charge on any atom is 0.252 e. The standard InChI is InChI=1S/C23H20ClN3O6S/c1-15(28)25-17-6-8-18(9-7-17)27-22(29)13-21(23(27)30)26(14-19-3-2-12-33-19)34(31,32)20-10-4-16(24)5-11-20/h2-12,21H,13-14H2,1H3,(H,25,28). The molecule has 1 aromatic heterocycles. The molecule has 2 aromatic carbocycles. The Bertz CT molecular complexity index is 1320. The Morgan fingerprint density at radius 2 is 1.79 bits per heavy atom. The van der Waals surface area contributed by atoms with Crippen LogP contribution in [0.5, 0.6) is 0 Å². The van der Waals surface area contributed by atoms with Gasteiger partial charge in [-0.3, -0.25) is 14.4 Å². The molecule has 3 aromatic rings. The quantitative estimate of drug-likeness (QED) is 0.496. The summed E-state index contributed by atoms with van der Waals surface area (Å²) in [6, 6.07) is 13.6. The number of hydrogen-bond acceptors (Lipinski definition) is 6. The fourth-order valence-electron chi connectivity index (χ4n) is 3.67. The first kappa shape index (κ1) is 23.7. The third-order valence-corrected chi connectivity index (χ3v) is 7.35. The number of furan rings is 1. The first-order chi connectivity index (χ1) is 16.2. The predicted octanol–water partition coefficient (Wildman–Crippen LogP) is 3.41. The van der Waals surface area contributed by atoms with Crippen LogP contribution in [0.15, 0.2) is 76.2 Å². The summed E-state index contributed by atoms with van der Waals surface area (Å²) >= 11 is 5.90. The van der Waals surface area contributed by atoms with E-state index in [-0.39, 0.29) is 29.5 Å². The number of nitrogens with zero attached hydrogens (tertiary/aromatic N) is 2. The SMILES string of the molecule is CC(=O)Nc1ccc(N2C(=O)CC(N(Cc3ccco3)S(=O)(=O)c3ccc(Cl)cc3)C2=O)cc1. The van der Waals surface area contributed by atoms with E-state index >= 15 is 0 Å². The zero-order valence-corrected chi connectivity index (χ0v) is 19.5. The molecule has 34 heavy (non-hydrogen) atoms. The molecule has 0 aliphatic carbocycles. The van der Waals surface area contributed by atoms with Crippen LogP contribution in [0.2, 0.25) is 5.02 Å². The summed E-state index contributed by atoms with van der Waals surface area (Å²) in [6.45, 7) is 1.12. The minimum absolute atomic E-state index is 0.0678. The van der Waals surface area contributed by atoms with E-state index in [1.165, 1.54) is 49.6 Å². The lowest BCUT2D eigenvalue weighted by Gasteiger charge is -2.26. The molecule has 0 saturated carbocycles. The first-order valence-corrected chi connectivity index (χ1v) is 12.0. The summed E-state index contributed by atoms with van der Waals surface area (Å²) in [5.74, 6) is -1.17. The number of hydrogen-bond donors (Lipinski definition) is 1. The Kier molecular flexibility index (Phi) is 6.56. The Morgan fingerprint density at radius 3 is 2.38 bits per heavy atom. The van der Waals surface area contributed by atoms with Gasteiger partial charge in [-0.1, -0.05) is 11.6 Å². The van der Waals surface area contributed by atoms with Crippen molar-refractivity contribution in [2.75, 3.05) is 10.2 Å². The fourth-order valence-corrected chi connectivity index (χ4v) is 5.34. The highest BCUT2D eigenvalue weighted by molar-refractivity contribution is 7.89. The average molecular weight is 502 g/mol. The maximum absolute atomic E-state index is 13.5. The highest BCUT2D eigenvalue weighted by Gasteiger charge is 2.47. The number of carbonyl (C=O) groups excluding carboxylic acids is 3. The number of anilines is 2. The van der Waals surface area contributed by atoms with Crippen LogP contribution in [0.25, 0.3) is 0 Å². The van der Waals surface area contributed by atoms with Crippen molar-refractivity contribution in [3.8, 4) is 0 Å². The molecule has 3 amide bonds. The van der Waals surface area contributed by atoms with Crippen molar-refractivity contribution >= 4 is 50.7 Å². The molecule has 176 valence electrons. The van der Waals surface area contributed by atoms with Gasteiger partial charge in [0.1, 0.15) is 11.8 Å². The molecule has 0 radical (unpaired) electrons. The summed E-state index contributed by atoms with van der Waals surface area (Å²) in [5.41, 5.74) is 0.769. The van der Waals surface area contributed by atoms with Gasteiger partial charge in [-0.05, 0) is 60.7 Å². The highest BCUT2D eigenvalue weighted by atomic mass is 35.5. The van der Waals surface area contributed by atoms with Gasteiger partial charge in [0, 0.05) is 17.6 Å². The molecular weight excluding hydrogens is 482 g/mol. The van der Waals surface area contributed by atoms with Gasteiger partial charge >= 0.3 is 0 Å². The molecule has 0 spiro atoms. The number of nitrogens with one attached hydrogen (secondary N) is 1. The monoisotopic (exact) mass is 501 g/mol. The Labute approximate surface area is 201 Å². The second-order valence-corrected chi connectivity index (χ2v) is 9.93. The van der Waals surface area contributed by atoms with E-state index in [4.69, 9.17) is 16.0 Å². The molecule has 1 saturated heterocycles. The van der Waals surface area contributed by atoms with Crippen molar-refractivity contribution < 1.29 is 27.2 Å². The minimum atomic E-state index is -4.19. The molecule has 1 atom stereocenters. The molecule has 1 aliphatic heterocycles. The van der Waals surface area contributed by atoms with Crippen LogP contribution in [-0.4, -0.2) is 36.5 Å². The van der Waals surface area contributed by atoms with Gasteiger partial charge < -0.3 is 9.73 Å². The second kappa shape index (κ2) is 9.41. The summed E-state index contributed by atoms with van der Waals surface area (Å²) < 4.78 is 33.3. The molecule has 2 heterocycles. The smallest absolute Gasteiger partial charge is 0.252 e. The molecule has 9 nitrogen and oxygen atoms in total. The Hall–Kier alpha value is -3.47. The summed E-state index contributed by atoms with van der Waals surface area (Å²) in [5, 5.41) is 2.96. The molecule has 1 aliphatic rings. The number of rotatable bonds is 7. The van der Waals surface area contributed by atoms with Crippen LogP contribution >= 0.6 is 11.6 Å². The third kappa shape index (κ3) is 4.74. The zero-order valence-electron chi connectivity index (χ0n) is 18.0. The van der Waals surface area contributed by atoms with Crippen LogP contribution < -0.4 is 10.2 Å². The zero-order chi connectivity index (χ0) is 24.5. The highest BCUT2D eigenvalue weighted by Crippen LogP contribution is 2.31. The van der Waals surface area contributed by atoms with Gasteiger partial charge in [0.25, 0.3) is 5.91 Å². The van der Waals surface area contributed by atoms with E-state index in [2.05, 4.69) is 5.32 Å². The van der Waals surface area contributed by atoms with Crippen molar-refractivity contribution in [2.24, 2.45) is 0 Å². The molecule has 1 unspecified atom stereocenters. The van der Waals surface area contributed by atoms with Crippen molar-refractivity contribution in [1.29, 1.82) is 0 Å². The Balaban J connectivity index is 1.68. The van der Waals surface area contributed by atoms with Gasteiger partial charge in [-0.25, -0.2) is 13.3 Å². The van der Waals surface area contributed by atoms with Crippen LogP contribution in [0.1, 0.15) is 19.1 Å². The molecule has 11 heteroatoms. The fraction of sp³-hybridized carbons (Fsp3) is 0.174. The van der Waals surface area contributed by atoms with E-state index < -0.39 is 27.9 Å². The molecule has 1 N–H and O–H groups in total. The van der Waals surface area contributed by atoms with Gasteiger partial charge in [0.15, 0.2) is 0 Å². The molecule has 0 bridgehead atoms. The third-order valence-electron chi connectivity index (χ3n) is 5.23. The van der Waals surface area contributed by atoms with E-state index in [1.807, 2.05) is 0 Å². The van der Waals surface area contributed by atoms with Crippen LogP contribution in [0, 0.1) is 0 Å². The lowest BCUT2D eigenvalue weighted by atomic mass is 10.2. The van der Waals surface area contributed by atoms with E-state index in [1.54, 1.807) is 24.3 Å². The summed E-state index contributed by atoms with van der Waals surface area (Å²) in [4.78, 5) is 38.3. The van der Waals surface area contributed by atoms with Crippen molar-refractivity contribution in [1.82, 2.24) is 4.31 Å². The van der Waals surface area contributed by atoms with E-state index in [0.717, 1.165) is 9.21 Å². The average Bonchev–Trinajstić information content (AvgIpc) is 3.40. The predicted molar refractivity (Wildman–Crippen MR) is 125 cm³/mol. The van der Waals surface area contributed by atoms with Crippen LogP contribution in [0.3, 0.4) is 0 Å². The van der Waals surface area contributed by atoms with Crippen molar-refractivity contribution in [3.05, 3.63) is 77.7 Å². The number of sulfonamides is 1. The maximum atomic E-state index is 13.5. The number of benzene rings is 2. The van der Waals surface area contributed by atoms with Gasteiger partial charge in [0.05, 0.1) is 29.8 Å². The molecule has 4 rings (SSSR count). The topological polar surface area (TPSA) is 117 Å². The number of imide groups is 1. The number of halogens is 1. The van der Waals surface area contributed by atoms with Crippen molar-refractivity contribution in [3.63, 3.8) is 0 Å². The minimum Gasteiger partial charge on any atom is -0.468 e. The van der Waals surface area contributed by atoms with Gasteiger partial charge in [-0.15, -0.1) is 0 Å². The molecule has 1 fully saturated rings. The van der Waals surface area contributed by atoms with Crippen LogP contribution in [-0.2, 0) is 31.0 Å². The number of carbonyl (C=O) groups is 3. The molecular formula is C23H20ClN3O6S. The van der Waals surface area contributed by atoms with E-state index in [0.29, 0.717) is 16.5 Å². The van der Waals surface area contributed by atoms with Crippen molar-refractivity contribution in [2.45, 2.75) is 30.8 Å². The normalized spacial score (nSPS) is 16.3. The van der Waals surface area contributed by atoms with E-state index in [9.17, 15) is 22.8 Å². The first-order valence-electron chi connectivity index (χ1n) is 10.2.